The minimum absolute atomic E-state index is 0.0847. The standard InChI is InChI=1S/C17H21FN2O4/c18-13-5-3-12(4-6-13)15-10-20(8-9-24-15)16(21)11-19-7-1-2-14(19)17(22)23/h3-6,14-15H,1-2,7-11H2,(H,22,23). The molecule has 1 aromatic carbocycles. The Morgan fingerprint density at radius 1 is 1.25 bits per heavy atom. The van der Waals surface area contributed by atoms with Gasteiger partial charge in [-0.15, -0.1) is 0 Å². The minimum Gasteiger partial charge on any atom is -0.480 e. The summed E-state index contributed by atoms with van der Waals surface area (Å²) in [7, 11) is 0. The zero-order valence-corrected chi connectivity index (χ0v) is 13.4. The van der Waals surface area contributed by atoms with Gasteiger partial charge < -0.3 is 14.7 Å². The van der Waals surface area contributed by atoms with Gasteiger partial charge in [-0.05, 0) is 37.1 Å². The van der Waals surface area contributed by atoms with Crippen LogP contribution in [0.25, 0.3) is 0 Å². The maximum atomic E-state index is 13.0. The van der Waals surface area contributed by atoms with E-state index in [1.807, 2.05) is 0 Å². The summed E-state index contributed by atoms with van der Waals surface area (Å²) in [6.45, 7) is 2.05. The largest absolute Gasteiger partial charge is 0.480 e. The van der Waals surface area contributed by atoms with Crippen LogP contribution in [0.1, 0.15) is 24.5 Å². The second kappa shape index (κ2) is 7.27. The van der Waals surface area contributed by atoms with Crippen molar-refractivity contribution >= 4 is 11.9 Å². The Kier molecular flexibility index (Phi) is 5.11. The van der Waals surface area contributed by atoms with Crippen LogP contribution >= 0.6 is 0 Å². The number of likely N-dealkylation sites (tertiary alicyclic amines) is 1. The first-order valence-electron chi connectivity index (χ1n) is 8.16. The number of benzene rings is 1. The van der Waals surface area contributed by atoms with E-state index in [0.717, 1.165) is 12.0 Å². The number of carbonyl (C=O) groups excluding carboxylic acids is 1. The third kappa shape index (κ3) is 3.73. The molecule has 7 heteroatoms. The molecule has 24 heavy (non-hydrogen) atoms. The van der Waals surface area contributed by atoms with Crippen molar-refractivity contribution in [2.24, 2.45) is 0 Å². The fourth-order valence-corrected chi connectivity index (χ4v) is 3.32. The van der Waals surface area contributed by atoms with Crippen molar-refractivity contribution in [1.82, 2.24) is 9.80 Å². The van der Waals surface area contributed by atoms with Crippen LogP contribution in [0.5, 0.6) is 0 Å². The first-order chi connectivity index (χ1) is 11.5. The van der Waals surface area contributed by atoms with Gasteiger partial charge in [0.05, 0.1) is 19.7 Å². The number of nitrogens with zero attached hydrogens (tertiary/aromatic N) is 2. The van der Waals surface area contributed by atoms with Crippen molar-refractivity contribution in [2.45, 2.75) is 25.0 Å². The molecule has 6 nitrogen and oxygen atoms in total. The lowest BCUT2D eigenvalue weighted by Gasteiger charge is -2.34. The van der Waals surface area contributed by atoms with E-state index < -0.39 is 12.0 Å². The third-order valence-corrected chi connectivity index (χ3v) is 4.65. The molecule has 2 aliphatic rings. The predicted octanol–water partition coefficient (Wildman–Crippen LogP) is 1.27. The van der Waals surface area contributed by atoms with Gasteiger partial charge in [-0.2, -0.15) is 0 Å². The molecule has 130 valence electrons. The number of halogens is 1. The van der Waals surface area contributed by atoms with E-state index in [-0.39, 0.29) is 24.4 Å². The summed E-state index contributed by atoms with van der Waals surface area (Å²) >= 11 is 0. The lowest BCUT2D eigenvalue weighted by molar-refractivity contribution is -0.145. The van der Waals surface area contributed by atoms with Gasteiger partial charge >= 0.3 is 5.97 Å². The molecule has 2 saturated heterocycles. The quantitative estimate of drug-likeness (QED) is 0.897. The molecule has 0 radical (unpaired) electrons. The number of ether oxygens (including phenoxy) is 1. The predicted molar refractivity (Wildman–Crippen MR) is 83.9 cm³/mol. The van der Waals surface area contributed by atoms with E-state index in [0.29, 0.717) is 32.7 Å². The van der Waals surface area contributed by atoms with Gasteiger partial charge in [-0.3, -0.25) is 14.5 Å². The number of morpholine rings is 1. The Morgan fingerprint density at radius 2 is 2.00 bits per heavy atom. The molecule has 3 rings (SSSR count). The van der Waals surface area contributed by atoms with Gasteiger partial charge in [0.2, 0.25) is 5.91 Å². The number of carboxylic acid groups (broad SMARTS) is 1. The number of carbonyl (C=O) groups is 2. The Hall–Kier alpha value is -1.99. The molecule has 0 bridgehead atoms. The van der Waals surface area contributed by atoms with Gasteiger partial charge in [-0.1, -0.05) is 12.1 Å². The summed E-state index contributed by atoms with van der Waals surface area (Å²) < 4.78 is 18.7. The van der Waals surface area contributed by atoms with E-state index in [1.165, 1.54) is 12.1 Å². The molecule has 2 aliphatic heterocycles. The molecule has 2 atom stereocenters. The van der Waals surface area contributed by atoms with Crippen molar-refractivity contribution in [2.75, 3.05) is 32.8 Å². The van der Waals surface area contributed by atoms with Gasteiger partial charge in [0.1, 0.15) is 18.0 Å². The number of aliphatic carboxylic acids is 1. The molecule has 1 N–H and O–H groups in total. The van der Waals surface area contributed by atoms with Gasteiger partial charge in [0.25, 0.3) is 0 Å². The Bertz CT molecular complexity index is 607. The van der Waals surface area contributed by atoms with Crippen molar-refractivity contribution in [3.05, 3.63) is 35.6 Å². The Labute approximate surface area is 139 Å². The van der Waals surface area contributed by atoms with Gasteiger partial charge in [-0.25, -0.2) is 4.39 Å². The van der Waals surface area contributed by atoms with Gasteiger partial charge in [0, 0.05) is 6.54 Å². The Morgan fingerprint density at radius 3 is 2.71 bits per heavy atom. The van der Waals surface area contributed by atoms with E-state index >= 15 is 0 Å². The molecule has 0 spiro atoms. The van der Waals surface area contributed by atoms with E-state index in [2.05, 4.69) is 0 Å². The SMILES string of the molecule is O=C(O)C1CCCN1CC(=O)N1CCOC(c2ccc(F)cc2)C1. The molecule has 2 unspecified atom stereocenters. The van der Waals surface area contributed by atoms with Crippen LogP contribution in [-0.2, 0) is 14.3 Å². The average Bonchev–Trinajstić information content (AvgIpc) is 3.04. The van der Waals surface area contributed by atoms with Crippen LogP contribution < -0.4 is 0 Å². The normalized spacial score (nSPS) is 25.0. The summed E-state index contributed by atoms with van der Waals surface area (Å²) in [6, 6.07) is 5.51. The highest BCUT2D eigenvalue weighted by molar-refractivity contribution is 5.80. The zero-order chi connectivity index (χ0) is 17.1. The van der Waals surface area contributed by atoms with Crippen molar-refractivity contribution in [1.29, 1.82) is 0 Å². The van der Waals surface area contributed by atoms with Gasteiger partial charge in [0.15, 0.2) is 0 Å². The van der Waals surface area contributed by atoms with Crippen LogP contribution in [0.3, 0.4) is 0 Å². The maximum Gasteiger partial charge on any atom is 0.320 e. The molecule has 0 saturated carbocycles. The molecule has 0 aliphatic carbocycles. The van der Waals surface area contributed by atoms with Crippen LogP contribution in [0.2, 0.25) is 0 Å². The highest BCUT2D eigenvalue weighted by Gasteiger charge is 2.34. The summed E-state index contributed by atoms with van der Waals surface area (Å²) in [4.78, 5) is 27.2. The molecular weight excluding hydrogens is 315 g/mol. The van der Waals surface area contributed by atoms with Crippen molar-refractivity contribution in [3.8, 4) is 0 Å². The number of carboxylic acids is 1. The second-order valence-electron chi connectivity index (χ2n) is 6.22. The first kappa shape index (κ1) is 16.9. The van der Waals surface area contributed by atoms with Crippen molar-refractivity contribution < 1.29 is 23.8 Å². The highest BCUT2D eigenvalue weighted by atomic mass is 19.1. The van der Waals surface area contributed by atoms with E-state index in [9.17, 15) is 19.1 Å². The fraction of sp³-hybridized carbons (Fsp3) is 0.529. The molecule has 1 aromatic rings. The summed E-state index contributed by atoms with van der Waals surface area (Å²) in [5.41, 5.74) is 0.832. The fourth-order valence-electron chi connectivity index (χ4n) is 3.32. The highest BCUT2D eigenvalue weighted by Crippen LogP contribution is 2.23. The van der Waals surface area contributed by atoms with E-state index in [4.69, 9.17) is 4.74 Å². The average molecular weight is 336 g/mol. The summed E-state index contributed by atoms with van der Waals surface area (Å²) in [5, 5.41) is 9.20. The van der Waals surface area contributed by atoms with Crippen LogP contribution in [0.15, 0.2) is 24.3 Å². The summed E-state index contributed by atoms with van der Waals surface area (Å²) in [5.74, 6) is -1.26. The minimum atomic E-state index is -0.869. The monoisotopic (exact) mass is 336 g/mol. The number of amides is 1. The van der Waals surface area contributed by atoms with E-state index in [1.54, 1.807) is 21.9 Å². The lowest BCUT2D eigenvalue weighted by atomic mass is 10.1. The first-order valence-corrected chi connectivity index (χ1v) is 8.16. The molecule has 0 aromatic heterocycles. The molecule has 2 heterocycles. The number of rotatable bonds is 4. The van der Waals surface area contributed by atoms with Crippen LogP contribution in [0, 0.1) is 5.82 Å². The lowest BCUT2D eigenvalue weighted by Crippen LogP contribution is -2.48. The second-order valence-corrected chi connectivity index (χ2v) is 6.22. The topological polar surface area (TPSA) is 70.1 Å². The van der Waals surface area contributed by atoms with Crippen LogP contribution in [-0.4, -0.2) is 65.6 Å². The summed E-state index contributed by atoms with van der Waals surface area (Å²) in [6.07, 6.45) is 1.10. The number of hydrogen-bond acceptors (Lipinski definition) is 4. The molecular formula is C17H21FN2O4. The van der Waals surface area contributed by atoms with Crippen LogP contribution in [0.4, 0.5) is 4.39 Å². The molecule has 2 fully saturated rings. The third-order valence-electron chi connectivity index (χ3n) is 4.65. The number of hydrogen-bond donors (Lipinski definition) is 1. The van der Waals surface area contributed by atoms with Crippen molar-refractivity contribution in [3.63, 3.8) is 0 Å². The molecule has 1 amide bonds. The zero-order valence-electron chi connectivity index (χ0n) is 13.4. The smallest absolute Gasteiger partial charge is 0.320 e. The Balaban J connectivity index is 1.61. The maximum absolute atomic E-state index is 13.0.